The van der Waals surface area contributed by atoms with Crippen LogP contribution >= 0.6 is 0 Å². The summed E-state index contributed by atoms with van der Waals surface area (Å²) in [6.45, 7) is 62.7. The Morgan fingerprint density at radius 3 is 0.614 bits per heavy atom. The SMILES string of the molecule is CC(C)C1(C(C)C)CC(C)(C)c2cc3c([c]([Sn][c]4c5c(cc6c4C(C(C)C)(C(C)C)CC6(C)C)C(C)(C)CC5(C(C)C)C(C)C)c21)C(C(C)C)(C(C)C)CC3(C)C. The summed E-state index contributed by atoms with van der Waals surface area (Å²) in [4.78, 5) is 0. The Hall–Kier alpha value is -0.761. The molecule has 0 heterocycles. The Morgan fingerprint density at radius 1 is 0.316 bits per heavy atom. The Morgan fingerprint density at radius 2 is 0.474 bits per heavy atom. The molecule has 0 bridgehead atoms. The minimum absolute atomic E-state index is 0.147. The summed E-state index contributed by atoms with van der Waals surface area (Å²) in [7, 11) is 0. The van der Waals surface area contributed by atoms with Crippen molar-refractivity contribution >= 4 is 28.3 Å². The zero-order valence-corrected chi connectivity index (χ0v) is 45.0. The van der Waals surface area contributed by atoms with Gasteiger partial charge >= 0.3 is 367 Å². The molecule has 0 unspecified atom stereocenters. The number of benzene rings is 2. The molecule has 0 aromatic heterocycles. The molecule has 2 aromatic rings. The molecule has 0 N–H and O–H groups in total. The molecule has 0 fully saturated rings. The second-order valence-electron chi connectivity index (χ2n) is 26.0. The van der Waals surface area contributed by atoms with E-state index in [1.54, 1.807) is 22.3 Å². The van der Waals surface area contributed by atoms with E-state index in [1.807, 2.05) is 29.4 Å². The van der Waals surface area contributed by atoms with Gasteiger partial charge in [-0.25, -0.2) is 0 Å². The normalized spacial score (nSPS) is 23.9. The molecule has 1 heteroatoms. The van der Waals surface area contributed by atoms with Gasteiger partial charge in [-0.15, -0.1) is 0 Å². The van der Waals surface area contributed by atoms with Crippen LogP contribution in [0.25, 0.3) is 0 Å². The van der Waals surface area contributed by atoms with Gasteiger partial charge in [-0.1, -0.05) is 0 Å². The Kier molecular flexibility index (Phi) is 11.1. The molecule has 2 aromatic carbocycles. The Bertz CT molecular complexity index is 1600. The third-order valence-electron chi connectivity index (χ3n) is 18.9. The average Bonchev–Trinajstić information content (AvgIpc) is 3.66. The van der Waals surface area contributed by atoms with Crippen LogP contribution in [0.4, 0.5) is 0 Å². The molecule has 0 saturated heterocycles. The molecular weight excluding hydrogens is 791 g/mol. The zero-order valence-electron chi connectivity index (χ0n) is 42.1. The second kappa shape index (κ2) is 13.9. The molecule has 318 valence electrons. The monoisotopic (exact) mass is 883 g/mol. The van der Waals surface area contributed by atoms with E-state index < -0.39 is 21.1 Å². The van der Waals surface area contributed by atoms with Crippen LogP contribution in [0.1, 0.15) is 236 Å². The van der Waals surface area contributed by atoms with Gasteiger partial charge in [0.1, 0.15) is 0 Å². The molecule has 2 radical (unpaired) electrons. The second-order valence-corrected chi connectivity index (χ2v) is 29.5. The van der Waals surface area contributed by atoms with Crippen LogP contribution in [0.3, 0.4) is 0 Å². The van der Waals surface area contributed by atoms with Crippen molar-refractivity contribution in [1.82, 2.24) is 0 Å². The van der Waals surface area contributed by atoms with Gasteiger partial charge < -0.3 is 0 Å². The molecular formula is C56H90Sn. The molecule has 4 aliphatic rings. The van der Waals surface area contributed by atoms with Gasteiger partial charge in [0, 0.05) is 0 Å². The van der Waals surface area contributed by atoms with Gasteiger partial charge in [0.15, 0.2) is 0 Å². The third-order valence-corrected chi connectivity index (χ3v) is 23.1. The fourth-order valence-corrected chi connectivity index (χ4v) is 22.4. The molecule has 6 rings (SSSR count). The summed E-state index contributed by atoms with van der Waals surface area (Å²) in [5.74, 6) is 4.64. The number of hydrogen-bond acceptors (Lipinski definition) is 0. The van der Waals surface area contributed by atoms with Crippen LogP contribution in [0.2, 0.25) is 0 Å². The molecule has 0 nitrogen and oxygen atoms in total. The summed E-state index contributed by atoms with van der Waals surface area (Å²) in [6.07, 6.45) is 5.08. The molecule has 0 amide bonds. The van der Waals surface area contributed by atoms with Gasteiger partial charge in [0.25, 0.3) is 0 Å². The molecule has 0 spiro atoms. The van der Waals surface area contributed by atoms with Crippen molar-refractivity contribution < 1.29 is 0 Å². The first-order valence-electron chi connectivity index (χ1n) is 24.0. The van der Waals surface area contributed by atoms with E-state index in [2.05, 4.69) is 178 Å². The predicted octanol–water partition coefficient (Wildman–Crippen LogP) is 14.3. The van der Waals surface area contributed by atoms with Gasteiger partial charge in [0.05, 0.1) is 0 Å². The summed E-state index contributed by atoms with van der Waals surface area (Å²) in [5, 5.41) is 0. The first-order valence-corrected chi connectivity index (χ1v) is 26.9. The number of rotatable bonds is 10. The topological polar surface area (TPSA) is 0 Å². The van der Waals surface area contributed by atoms with E-state index in [0.717, 1.165) is 0 Å². The van der Waals surface area contributed by atoms with Crippen LogP contribution in [0.5, 0.6) is 0 Å². The zero-order chi connectivity index (χ0) is 43.3. The summed E-state index contributed by atoms with van der Waals surface area (Å²) in [6, 6.07) is 5.72. The van der Waals surface area contributed by atoms with Crippen molar-refractivity contribution in [1.29, 1.82) is 0 Å². The van der Waals surface area contributed by atoms with E-state index in [4.69, 9.17) is 0 Å². The summed E-state index contributed by atoms with van der Waals surface area (Å²) in [5.41, 5.74) is 15.6. The minimum atomic E-state index is -1.52. The van der Waals surface area contributed by atoms with Gasteiger partial charge in [-0.2, -0.15) is 0 Å². The van der Waals surface area contributed by atoms with E-state index in [1.165, 1.54) is 25.7 Å². The van der Waals surface area contributed by atoms with Gasteiger partial charge in [-0.3, -0.25) is 0 Å². The third kappa shape index (κ3) is 5.88. The molecule has 4 aliphatic carbocycles. The Labute approximate surface area is 365 Å². The standard InChI is InChI=1S/2C28H45.Sn/c2*1-17(2)27(18(3)4)15-25(9,10)21-13-22-24(14-23(21)27)28(19(5)6,20(7)8)16-26(22,11)12;/h2*13,17-20H,15-16H2,1-12H3;. The van der Waals surface area contributed by atoms with Crippen molar-refractivity contribution in [3.05, 3.63) is 56.6 Å². The van der Waals surface area contributed by atoms with Crippen molar-refractivity contribution in [2.75, 3.05) is 0 Å². The van der Waals surface area contributed by atoms with Gasteiger partial charge in [0.2, 0.25) is 0 Å². The maximum absolute atomic E-state index is 2.86. The first-order chi connectivity index (χ1) is 25.8. The average molecular weight is 882 g/mol. The van der Waals surface area contributed by atoms with E-state index >= 15 is 0 Å². The van der Waals surface area contributed by atoms with Crippen molar-refractivity contribution in [2.24, 2.45) is 47.3 Å². The van der Waals surface area contributed by atoms with Crippen molar-refractivity contribution in [3.8, 4) is 0 Å². The maximum atomic E-state index is 2.86. The molecule has 0 atom stereocenters. The summed E-state index contributed by atoms with van der Waals surface area (Å²) < 4.78 is 3.92. The fraction of sp³-hybridized carbons (Fsp3) is 0.786. The van der Waals surface area contributed by atoms with Crippen LogP contribution in [0, 0.1) is 47.3 Å². The molecule has 0 aliphatic heterocycles. The Balaban J connectivity index is 1.96. The number of hydrogen-bond donors (Lipinski definition) is 0. The van der Waals surface area contributed by atoms with Crippen LogP contribution in [-0.4, -0.2) is 21.1 Å². The predicted molar refractivity (Wildman–Crippen MR) is 254 cm³/mol. The van der Waals surface area contributed by atoms with Crippen molar-refractivity contribution in [3.63, 3.8) is 0 Å². The summed E-state index contributed by atoms with van der Waals surface area (Å²) >= 11 is -1.52. The van der Waals surface area contributed by atoms with Crippen LogP contribution in [-0.2, 0) is 43.3 Å². The van der Waals surface area contributed by atoms with E-state index in [0.29, 0.717) is 47.3 Å². The van der Waals surface area contributed by atoms with E-state index in [-0.39, 0.29) is 43.3 Å². The fourth-order valence-electron chi connectivity index (χ4n) is 16.1. The molecule has 0 saturated carbocycles. The quantitative estimate of drug-likeness (QED) is 0.209. The first kappa shape index (κ1) is 45.8. The van der Waals surface area contributed by atoms with E-state index in [9.17, 15) is 0 Å². The van der Waals surface area contributed by atoms with Crippen LogP contribution in [0.15, 0.2) is 12.1 Å². The molecule has 57 heavy (non-hydrogen) atoms. The van der Waals surface area contributed by atoms with Crippen molar-refractivity contribution in [2.45, 2.75) is 235 Å². The number of fused-ring (bicyclic) bond motifs is 4. The van der Waals surface area contributed by atoms with Crippen LogP contribution < -0.4 is 7.16 Å². The van der Waals surface area contributed by atoms with Gasteiger partial charge in [-0.05, 0) is 0 Å².